The Labute approximate surface area is 167 Å². The second-order valence-corrected chi connectivity index (χ2v) is 7.14. The monoisotopic (exact) mass is 399 g/mol. The second-order valence-electron chi connectivity index (χ2n) is 6.70. The lowest BCUT2D eigenvalue weighted by molar-refractivity contribution is -0.385. The topological polar surface area (TPSA) is 105 Å². The van der Waals surface area contributed by atoms with Gasteiger partial charge in [0.2, 0.25) is 5.75 Å². The van der Waals surface area contributed by atoms with Gasteiger partial charge in [0.05, 0.1) is 11.0 Å². The van der Waals surface area contributed by atoms with Gasteiger partial charge >= 0.3 is 5.69 Å². The Morgan fingerprint density at radius 3 is 2.46 bits per heavy atom. The highest BCUT2D eigenvalue weighted by molar-refractivity contribution is 6.30. The molecule has 0 bridgehead atoms. The molecule has 2 aromatic rings. The molecular weight excluding hydrogens is 382 g/mol. The van der Waals surface area contributed by atoms with Gasteiger partial charge in [0.15, 0.2) is 0 Å². The second kappa shape index (κ2) is 8.28. The molecule has 0 atom stereocenters. The van der Waals surface area contributed by atoms with E-state index in [1.54, 1.807) is 24.3 Å². The number of amides is 1. The van der Waals surface area contributed by atoms with Crippen LogP contribution in [0.25, 0.3) is 0 Å². The van der Waals surface area contributed by atoms with E-state index < -0.39 is 10.5 Å². The summed E-state index contributed by atoms with van der Waals surface area (Å²) >= 11 is 5.80. The minimum atomic E-state index is -0.811. The molecule has 0 aliphatic heterocycles. The van der Waals surface area contributed by atoms with E-state index in [2.05, 4.69) is 11.4 Å². The van der Waals surface area contributed by atoms with Crippen LogP contribution in [0.5, 0.6) is 11.5 Å². The summed E-state index contributed by atoms with van der Waals surface area (Å²) in [7, 11) is 0. The van der Waals surface area contributed by atoms with Gasteiger partial charge in [0.1, 0.15) is 11.3 Å². The van der Waals surface area contributed by atoms with Crippen LogP contribution in [-0.4, -0.2) is 16.4 Å². The number of carbonyl (C=O) groups is 1. The van der Waals surface area contributed by atoms with Crippen molar-refractivity contribution in [3.63, 3.8) is 0 Å². The maximum atomic E-state index is 12.5. The van der Waals surface area contributed by atoms with Crippen LogP contribution in [0.15, 0.2) is 42.5 Å². The molecule has 0 unspecified atom stereocenters. The molecule has 1 saturated carbocycles. The minimum Gasteiger partial charge on any atom is -0.450 e. The highest BCUT2D eigenvalue weighted by Gasteiger charge is 2.33. The van der Waals surface area contributed by atoms with Gasteiger partial charge in [-0.15, -0.1) is 0 Å². The Morgan fingerprint density at radius 1 is 1.18 bits per heavy atom. The number of nitriles is 1. The maximum Gasteiger partial charge on any atom is 0.313 e. The number of ether oxygens (including phenoxy) is 1. The average molecular weight is 400 g/mol. The van der Waals surface area contributed by atoms with E-state index >= 15 is 0 Å². The smallest absolute Gasteiger partial charge is 0.313 e. The average Bonchev–Trinajstić information content (AvgIpc) is 2.70. The third-order valence-electron chi connectivity index (χ3n) is 4.74. The number of carbonyl (C=O) groups excluding carboxylic acids is 1. The molecule has 1 amide bonds. The first kappa shape index (κ1) is 19.6. The number of nitro benzene ring substituents is 1. The van der Waals surface area contributed by atoms with Crippen LogP contribution < -0.4 is 10.1 Å². The normalized spacial score (nSPS) is 15.3. The van der Waals surface area contributed by atoms with Crippen molar-refractivity contribution in [3.8, 4) is 17.6 Å². The lowest BCUT2D eigenvalue weighted by atomic mass is 9.82. The molecule has 8 heteroatoms. The molecule has 1 aliphatic rings. The lowest BCUT2D eigenvalue weighted by Crippen LogP contribution is -2.48. The molecule has 28 heavy (non-hydrogen) atoms. The molecule has 144 valence electrons. The van der Waals surface area contributed by atoms with Gasteiger partial charge in [-0.2, -0.15) is 5.26 Å². The maximum absolute atomic E-state index is 12.5. The quantitative estimate of drug-likeness (QED) is 0.562. The molecule has 2 aromatic carbocycles. The van der Waals surface area contributed by atoms with E-state index in [-0.39, 0.29) is 22.4 Å². The zero-order chi connectivity index (χ0) is 20.1. The largest absolute Gasteiger partial charge is 0.450 e. The number of nitro groups is 1. The highest BCUT2D eigenvalue weighted by atomic mass is 35.5. The molecule has 0 radical (unpaired) electrons. The van der Waals surface area contributed by atoms with E-state index in [1.807, 2.05) is 0 Å². The standard InChI is InChI=1S/C20H18ClN3O4/c21-15-6-9-18(17(12-15)24(26)27)28-16-7-4-14(5-8-16)19(25)23-20(13-22)10-2-1-3-11-20/h4-9,12H,1-3,10-11H2,(H,23,25). The summed E-state index contributed by atoms with van der Waals surface area (Å²) in [5.41, 5.74) is -0.672. The zero-order valence-electron chi connectivity index (χ0n) is 15.0. The summed E-state index contributed by atoms with van der Waals surface area (Å²) in [6, 6.07) is 12.6. The summed E-state index contributed by atoms with van der Waals surface area (Å²) in [5.74, 6) is 0.0688. The van der Waals surface area contributed by atoms with Crippen molar-refractivity contribution in [2.45, 2.75) is 37.6 Å². The number of nitrogens with zero attached hydrogens (tertiary/aromatic N) is 2. The summed E-state index contributed by atoms with van der Waals surface area (Å²) in [6.07, 6.45) is 4.20. The molecule has 0 heterocycles. The molecular formula is C20H18ClN3O4. The van der Waals surface area contributed by atoms with E-state index in [0.717, 1.165) is 19.3 Å². The van der Waals surface area contributed by atoms with Crippen LogP contribution in [0.2, 0.25) is 5.02 Å². The fourth-order valence-corrected chi connectivity index (χ4v) is 3.40. The van der Waals surface area contributed by atoms with Crippen molar-refractivity contribution in [2.75, 3.05) is 0 Å². The SMILES string of the molecule is N#CC1(NC(=O)c2ccc(Oc3ccc(Cl)cc3[N+](=O)[O-])cc2)CCCCC1. The van der Waals surface area contributed by atoms with Crippen molar-refractivity contribution >= 4 is 23.2 Å². The first-order valence-electron chi connectivity index (χ1n) is 8.88. The van der Waals surface area contributed by atoms with Crippen molar-refractivity contribution in [1.82, 2.24) is 5.32 Å². The number of rotatable bonds is 5. The third-order valence-corrected chi connectivity index (χ3v) is 4.97. The Bertz CT molecular complexity index is 931. The fourth-order valence-electron chi connectivity index (χ4n) is 3.23. The van der Waals surface area contributed by atoms with Crippen molar-refractivity contribution < 1.29 is 14.5 Å². The van der Waals surface area contributed by atoms with Crippen molar-refractivity contribution in [2.24, 2.45) is 0 Å². The van der Waals surface area contributed by atoms with Crippen LogP contribution in [0.3, 0.4) is 0 Å². The molecule has 0 saturated heterocycles. The van der Waals surface area contributed by atoms with E-state index in [1.165, 1.54) is 18.2 Å². The third kappa shape index (κ3) is 4.41. The van der Waals surface area contributed by atoms with Crippen LogP contribution in [0.4, 0.5) is 5.69 Å². The Kier molecular flexibility index (Phi) is 5.81. The van der Waals surface area contributed by atoms with Crippen LogP contribution >= 0.6 is 11.6 Å². The number of halogens is 1. The van der Waals surface area contributed by atoms with E-state index in [4.69, 9.17) is 16.3 Å². The summed E-state index contributed by atoms with van der Waals surface area (Å²) in [6.45, 7) is 0. The van der Waals surface area contributed by atoms with Gasteiger partial charge in [-0.3, -0.25) is 14.9 Å². The van der Waals surface area contributed by atoms with Gasteiger partial charge in [0.25, 0.3) is 5.91 Å². The molecule has 1 aliphatic carbocycles. The van der Waals surface area contributed by atoms with Gasteiger partial charge in [-0.1, -0.05) is 30.9 Å². The summed E-state index contributed by atoms with van der Waals surface area (Å²) in [5, 5.41) is 23.7. The van der Waals surface area contributed by atoms with Gasteiger partial charge in [-0.25, -0.2) is 0 Å². The fraction of sp³-hybridized carbons (Fsp3) is 0.300. The highest BCUT2D eigenvalue weighted by Crippen LogP contribution is 2.33. The molecule has 0 spiro atoms. The molecule has 3 rings (SSSR count). The predicted octanol–water partition coefficient (Wildman–Crippen LogP) is 5.00. The number of hydrogen-bond acceptors (Lipinski definition) is 5. The Balaban J connectivity index is 1.73. The lowest BCUT2D eigenvalue weighted by Gasteiger charge is -2.31. The molecule has 0 aromatic heterocycles. The van der Waals surface area contributed by atoms with E-state index in [9.17, 15) is 20.2 Å². The first-order valence-corrected chi connectivity index (χ1v) is 9.26. The Hall–Kier alpha value is -3.11. The first-order chi connectivity index (χ1) is 13.4. The van der Waals surface area contributed by atoms with Gasteiger partial charge in [0, 0.05) is 16.7 Å². The summed E-state index contributed by atoms with van der Waals surface area (Å²) < 4.78 is 5.57. The number of benzene rings is 2. The number of hydrogen-bond donors (Lipinski definition) is 1. The number of nitrogens with one attached hydrogen (secondary N) is 1. The zero-order valence-corrected chi connectivity index (χ0v) is 15.7. The van der Waals surface area contributed by atoms with Gasteiger partial charge < -0.3 is 10.1 Å². The van der Waals surface area contributed by atoms with Crippen LogP contribution in [0.1, 0.15) is 42.5 Å². The van der Waals surface area contributed by atoms with Crippen molar-refractivity contribution in [1.29, 1.82) is 5.26 Å². The molecule has 1 fully saturated rings. The van der Waals surface area contributed by atoms with Crippen LogP contribution in [-0.2, 0) is 0 Å². The van der Waals surface area contributed by atoms with Crippen LogP contribution in [0, 0.1) is 21.4 Å². The summed E-state index contributed by atoms with van der Waals surface area (Å²) in [4.78, 5) is 23.1. The Morgan fingerprint density at radius 2 is 1.86 bits per heavy atom. The molecule has 7 nitrogen and oxygen atoms in total. The van der Waals surface area contributed by atoms with E-state index in [0.29, 0.717) is 24.2 Å². The predicted molar refractivity (Wildman–Crippen MR) is 104 cm³/mol. The minimum absolute atomic E-state index is 0.0530. The van der Waals surface area contributed by atoms with Gasteiger partial charge in [-0.05, 0) is 49.2 Å². The molecule has 1 N–H and O–H groups in total. The van der Waals surface area contributed by atoms with Crippen molar-refractivity contribution in [3.05, 3.63) is 63.2 Å².